The topological polar surface area (TPSA) is 99.5 Å². The fraction of sp³-hybridized carbons (Fsp3) is 0.552. The average Bonchev–Trinajstić information content (AvgIpc) is 3.62. The number of carbonyl (C=O) groups is 2. The Balaban J connectivity index is 1.03. The van der Waals surface area contributed by atoms with E-state index in [0.29, 0.717) is 23.4 Å². The predicted molar refractivity (Wildman–Crippen MR) is 149 cm³/mol. The van der Waals surface area contributed by atoms with E-state index in [1.165, 1.54) is 19.3 Å². The first-order valence-corrected chi connectivity index (χ1v) is 14.5. The highest BCUT2D eigenvalue weighted by molar-refractivity contribution is 5.99. The zero-order valence-corrected chi connectivity index (χ0v) is 22.6. The van der Waals surface area contributed by atoms with E-state index in [1.807, 2.05) is 30.3 Å². The lowest BCUT2D eigenvalue weighted by Gasteiger charge is -2.38. The van der Waals surface area contributed by atoms with Gasteiger partial charge in [-0.15, -0.1) is 0 Å². The fourth-order valence-electron chi connectivity index (χ4n) is 7.13. The first kappa shape index (κ1) is 24.4. The van der Waals surface area contributed by atoms with Crippen LogP contribution in [0, 0.1) is 5.92 Å². The quantitative estimate of drug-likeness (QED) is 0.547. The average molecular weight is 529 g/mol. The molecule has 10 heteroatoms. The minimum atomic E-state index is 0.0575. The van der Waals surface area contributed by atoms with Crippen molar-refractivity contribution in [2.45, 2.75) is 63.5 Å². The molecule has 3 aromatic heterocycles. The summed E-state index contributed by atoms with van der Waals surface area (Å²) < 4.78 is 2.14. The second-order valence-electron chi connectivity index (χ2n) is 11.5. The Labute approximate surface area is 228 Å². The van der Waals surface area contributed by atoms with E-state index >= 15 is 0 Å². The Hall–Kier alpha value is -3.69. The molecule has 3 aromatic rings. The number of hydrogen-bond acceptors (Lipinski definition) is 7. The van der Waals surface area contributed by atoms with Crippen LogP contribution in [0.25, 0.3) is 11.0 Å². The van der Waals surface area contributed by atoms with Crippen LogP contribution in [-0.2, 0) is 4.79 Å². The van der Waals surface area contributed by atoms with Gasteiger partial charge in [0.1, 0.15) is 17.2 Å². The molecule has 0 aromatic carbocycles. The molecule has 2 saturated carbocycles. The molecule has 2 amide bonds. The zero-order chi connectivity index (χ0) is 26.5. The molecule has 3 fully saturated rings. The normalized spacial score (nSPS) is 23.7. The van der Waals surface area contributed by atoms with E-state index in [-0.39, 0.29) is 23.9 Å². The summed E-state index contributed by atoms with van der Waals surface area (Å²) >= 11 is 0. The van der Waals surface area contributed by atoms with Crippen molar-refractivity contribution in [2.75, 3.05) is 43.4 Å². The SMILES string of the molecule is CN1C(=O)c2cc3cnc(Nc4ccc(N5CCN(C(=O)C6CCCCC6)CC5)cn4)nc3n2C2CCCC21. The Kier molecular flexibility index (Phi) is 6.12. The number of rotatable bonds is 4. The maximum Gasteiger partial charge on any atom is 0.270 e. The fourth-order valence-corrected chi connectivity index (χ4v) is 7.13. The number of likely N-dealkylation sites (N-methyl/N-ethyl adjacent to an activating group) is 1. The molecule has 2 atom stereocenters. The largest absolute Gasteiger partial charge is 0.367 e. The summed E-state index contributed by atoms with van der Waals surface area (Å²) in [7, 11) is 1.91. The van der Waals surface area contributed by atoms with E-state index in [9.17, 15) is 9.59 Å². The summed E-state index contributed by atoms with van der Waals surface area (Å²) in [5.74, 6) is 1.79. The van der Waals surface area contributed by atoms with Crippen LogP contribution in [0.5, 0.6) is 0 Å². The monoisotopic (exact) mass is 528 g/mol. The van der Waals surface area contributed by atoms with E-state index < -0.39 is 0 Å². The van der Waals surface area contributed by atoms with Crippen molar-refractivity contribution in [2.24, 2.45) is 5.92 Å². The number of amides is 2. The van der Waals surface area contributed by atoms with Crippen molar-refractivity contribution in [3.05, 3.63) is 36.3 Å². The smallest absolute Gasteiger partial charge is 0.270 e. The lowest BCUT2D eigenvalue weighted by Crippen LogP contribution is -2.50. The summed E-state index contributed by atoms with van der Waals surface area (Å²) in [6.07, 6.45) is 12.6. The maximum atomic E-state index is 13.0. The van der Waals surface area contributed by atoms with Crippen molar-refractivity contribution in [3.63, 3.8) is 0 Å². The van der Waals surface area contributed by atoms with Crippen LogP contribution in [-0.4, -0.2) is 80.4 Å². The Morgan fingerprint density at radius 1 is 0.923 bits per heavy atom. The van der Waals surface area contributed by atoms with Crippen molar-refractivity contribution in [1.82, 2.24) is 29.3 Å². The number of nitrogens with one attached hydrogen (secondary N) is 1. The van der Waals surface area contributed by atoms with Gasteiger partial charge in [-0.05, 0) is 50.3 Å². The van der Waals surface area contributed by atoms with Crippen LogP contribution < -0.4 is 10.2 Å². The van der Waals surface area contributed by atoms with Gasteiger partial charge in [-0.2, -0.15) is 4.98 Å². The Morgan fingerprint density at radius 3 is 2.49 bits per heavy atom. The Bertz CT molecular complexity index is 1390. The molecule has 5 heterocycles. The first-order valence-electron chi connectivity index (χ1n) is 14.5. The van der Waals surface area contributed by atoms with Gasteiger partial charge in [-0.1, -0.05) is 19.3 Å². The van der Waals surface area contributed by atoms with Crippen LogP contribution in [0.3, 0.4) is 0 Å². The molecule has 10 nitrogen and oxygen atoms in total. The standard InChI is InChI=1S/C29H36N8O2/c1-34-22-8-5-9-23(22)37-24(28(34)39)16-20-17-31-29(33-26(20)37)32-25-11-10-21(18-30-25)35-12-14-36(15-13-35)27(38)19-6-3-2-4-7-19/h10-11,16-19,22-23H,2-9,12-15H2,1H3,(H,30,31,32,33). The van der Waals surface area contributed by atoms with Crippen LogP contribution in [0.4, 0.5) is 17.5 Å². The van der Waals surface area contributed by atoms with Gasteiger partial charge >= 0.3 is 0 Å². The van der Waals surface area contributed by atoms with Crippen molar-refractivity contribution in [3.8, 4) is 0 Å². The van der Waals surface area contributed by atoms with Crippen LogP contribution in [0.2, 0.25) is 0 Å². The molecule has 4 aliphatic rings. The number of fused-ring (bicyclic) bond motifs is 5. The van der Waals surface area contributed by atoms with Crippen LogP contribution in [0.1, 0.15) is 67.9 Å². The summed E-state index contributed by atoms with van der Waals surface area (Å²) in [5, 5.41) is 4.13. The van der Waals surface area contributed by atoms with Gasteiger partial charge in [0, 0.05) is 50.7 Å². The second kappa shape index (κ2) is 9.81. The number of piperazine rings is 1. The molecule has 2 aliphatic carbocycles. The van der Waals surface area contributed by atoms with E-state index in [2.05, 4.69) is 35.7 Å². The highest BCUT2D eigenvalue weighted by atomic mass is 16.2. The molecular formula is C29H36N8O2. The third-order valence-corrected chi connectivity index (χ3v) is 9.29. The number of carbonyl (C=O) groups excluding carboxylic acids is 2. The van der Waals surface area contributed by atoms with Gasteiger partial charge < -0.3 is 24.6 Å². The molecule has 0 spiro atoms. The molecule has 1 N–H and O–H groups in total. The van der Waals surface area contributed by atoms with Gasteiger partial charge in [0.2, 0.25) is 11.9 Å². The number of hydrogen-bond donors (Lipinski definition) is 1. The van der Waals surface area contributed by atoms with Gasteiger partial charge in [-0.25, -0.2) is 9.97 Å². The summed E-state index contributed by atoms with van der Waals surface area (Å²) in [6.45, 7) is 3.18. The van der Waals surface area contributed by atoms with E-state index in [4.69, 9.17) is 4.98 Å². The number of pyridine rings is 1. The second-order valence-corrected chi connectivity index (χ2v) is 11.5. The van der Waals surface area contributed by atoms with Crippen molar-refractivity contribution >= 4 is 40.3 Å². The lowest BCUT2D eigenvalue weighted by molar-refractivity contribution is -0.136. The summed E-state index contributed by atoms with van der Waals surface area (Å²) in [5.41, 5.74) is 2.56. The Morgan fingerprint density at radius 2 is 1.72 bits per heavy atom. The highest BCUT2D eigenvalue weighted by Crippen LogP contribution is 2.41. The molecule has 1 saturated heterocycles. The third-order valence-electron chi connectivity index (χ3n) is 9.29. The number of anilines is 3. The zero-order valence-electron chi connectivity index (χ0n) is 22.6. The highest BCUT2D eigenvalue weighted by Gasteiger charge is 2.42. The van der Waals surface area contributed by atoms with Crippen LogP contribution in [0.15, 0.2) is 30.6 Å². The lowest BCUT2D eigenvalue weighted by atomic mass is 9.88. The van der Waals surface area contributed by atoms with Crippen LogP contribution >= 0.6 is 0 Å². The van der Waals surface area contributed by atoms with E-state index in [0.717, 1.165) is 75.0 Å². The number of nitrogens with zero attached hydrogens (tertiary/aromatic N) is 7. The summed E-state index contributed by atoms with van der Waals surface area (Å²) in [4.78, 5) is 46.1. The molecule has 2 unspecified atom stereocenters. The number of aromatic nitrogens is 4. The molecule has 204 valence electrons. The van der Waals surface area contributed by atoms with Crippen molar-refractivity contribution < 1.29 is 9.59 Å². The van der Waals surface area contributed by atoms with Gasteiger partial charge in [0.05, 0.1) is 24.0 Å². The predicted octanol–water partition coefficient (Wildman–Crippen LogP) is 3.98. The van der Waals surface area contributed by atoms with Gasteiger partial charge in [0.15, 0.2) is 0 Å². The molecular weight excluding hydrogens is 492 g/mol. The third kappa shape index (κ3) is 4.30. The minimum Gasteiger partial charge on any atom is -0.367 e. The summed E-state index contributed by atoms with van der Waals surface area (Å²) in [6, 6.07) is 6.42. The minimum absolute atomic E-state index is 0.0575. The van der Waals surface area contributed by atoms with E-state index in [1.54, 1.807) is 6.20 Å². The molecule has 0 radical (unpaired) electrons. The molecule has 7 rings (SSSR count). The first-order chi connectivity index (χ1) is 19.1. The molecule has 2 aliphatic heterocycles. The maximum absolute atomic E-state index is 13.0. The molecule has 39 heavy (non-hydrogen) atoms. The van der Waals surface area contributed by atoms with Crippen molar-refractivity contribution in [1.29, 1.82) is 0 Å². The molecule has 0 bridgehead atoms. The van der Waals surface area contributed by atoms with Gasteiger partial charge in [0.25, 0.3) is 5.91 Å². The van der Waals surface area contributed by atoms with Gasteiger partial charge in [-0.3, -0.25) is 9.59 Å².